The van der Waals surface area contributed by atoms with Gasteiger partial charge in [-0.05, 0) is 18.9 Å². The molecule has 0 aliphatic rings. The molecule has 0 aliphatic carbocycles. The summed E-state index contributed by atoms with van der Waals surface area (Å²) in [5.41, 5.74) is 0.666. The number of pyridine rings is 1. The molecule has 0 radical (unpaired) electrons. The number of nitrogens with two attached hydrogens (primary N) is 1. The van der Waals surface area contributed by atoms with E-state index in [1.54, 1.807) is 0 Å². The lowest BCUT2D eigenvalue weighted by Gasteiger charge is -2.10. The van der Waals surface area contributed by atoms with Crippen molar-refractivity contribution in [1.82, 2.24) is 9.99 Å². The first-order valence-corrected chi connectivity index (χ1v) is 6.11. The number of hydrazine groups is 1. The SMILES string of the molecule is NNC(=O)CCCCCn1cc(C(F)(F)F)ccc1=O. The zero-order valence-corrected chi connectivity index (χ0v) is 10.7. The van der Waals surface area contributed by atoms with Gasteiger partial charge in [0.25, 0.3) is 5.56 Å². The van der Waals surface area contributed by atoms with E-state index in [4.69, 9.17) is 5.84 Å². The van der Waals surface area contributed by atoms with Crippen molar-refractivity contribution < 1.29 is 18.0 Å². The first-order chi connectivity index (χ1) is 9.34. The average molecular weight is 291 g/mol. The number of carbonyl (C=O) groups excluding carboxylic acids is 1. The maximum atomic E-state index is 12.5. The smallest absolute Gasteiger partial charge is 0.315 e. The Bertz CT molecular complexity index is 511. The molecule has 3 N–H and O–H groups in total. The predicted molar refractivity (Wildman–Crippen MR) is 66.5 cm³/mol. The predicted octanol–water partition coefficient (Wildman–Crippen LogP) is 1.42. The van der Waals surface area contributed by atoms with Gasteiger partial charge in [0.2, 0.25) is 5.91 Å². The van der Waals surface area contributed by atoms with Gasteiger partial charge in [-0.2, -0.15) is 13.2 Å². The number of aromatic nitrogens is 1. The van der Waals surface area contributed by atoms with Gasteiger partial charge < -0.3 is 4.57 Å². The van der Waals surface area contributed by atoms with Crippen LogP contribution in [0.4, 0.5) is 13.2 Å². The van der Waals surface area contributed by atoms with Crippen molar-refractivity contribution in [3.63, 3.8) is 0 Å². The van der Waals surface area contributed by atoms with E-state index in [0.717, 1.165) is 22.9 Å². The molecule has 112 valence electrons. The average Bonchev–Trinajstić information content (AvgIpc) is 2.38. The number of aryl methyl sites for hydroxylation is 1. The molecule has 8 heteroatoms. The third-order valence-electron chi connectivity index (χ3n) is 2.77. The fraction of sp³-hybridized carbons (Fsp3) is 0.500. The molecule has 1 aromatic rings. The first kappa shape index (κ1) is 16.2. The number of carbonyl (C=O) groups is 1. The third kappa shape index (κ3) is 5.04. The molecule has 0 spiro atoms. The minimum atomic E-state index is -4.46. The Balaban J connectivity index is 2.52. The first-order valence-electron chi connectivity index (χ1n) is 6.11. The van der Waals surface area contributed by atoms with Crippen LogP contribution in [0.3, 0.4) is 0 Å². The molecule has 0 aromatic carbocycles. The van der Waals surface area contributed by atoms with Crippen molar-refractivity contribution in [3.05, 3.63) is 34.2 Å². The summed E-state index contributed by atoms with van der Waals surface area (Å²) in [4.78, 5) is 22.3. The standard InChI is InChI=1S/C12H16F3N3O2/c13-12(14,15)9-5-6-11(20)18(8-9)7-3-1-2-4-10(19)17-16/h5-6,8H,1-4,7,16H2,(H,17,19). The van der Waals surface area contributed by atoms with Crippen LogP contribution in [0.5, 0.6) is 0 Å². The quantitative estimate of drug-likeness (QED) is 0.360. The Labute approximate surface area is 113 Å². The molecular weight excluding hydrogens is 275 g/mol. The summed E-state index contributed by atoms with van der Waals surface area (Å²) in [6.07, 6.45) is -1.69. The molecule has 0 unspecified atom stereocenters. The number of alkyl halides is 3. The molecule has 1 aromatic heterocycles. The van der Waals surface area contributed by atoms with Gasteiger partial charge in [0.05, 0.1) is 5.56 Å². The van der Waals surface area contributed by atoms with E-state index >= 15 is 0 Å². The molecule has 1 rings (SSSR count). The lowest BCUT2D eigenvalue weighted by Crippen LogP contribution is -2.29. The number of rotatable bonds is 6. The summed E-state index contributed by atoms with van der Waals surface area (Å²) in [6.45, 7) is 0.187. The van der Waals surface area contributed by atoms with Crippen LogP contribution in [0, 0.1) is 0 Å². The number of amides is 1. The number of halogens is 3. The Morgan fingerprint density at radius 2 is 1.95 bits per heavy atom. The Kier molecular flexibility index (Phi) is 5.75. The van der Waals surface area contributed by atoms with Crippen LogP contribution in [-0.4, -0.2) is 10.5 Å². The Morgan fingerprint density at radius 1 is 1.25 bits per heavy atom. The molecule has 5 nitrogen and oxygen atoms in total. The second kappa shape index (κ2) is 7.09. The number of unbranched alkanes of at least 4 members (excludes halogenated alkanes) is 2. The summed E-state index contributed by atoms with van der Waals surface area (Å²) < 4.78 is 38.5. The molecule has 0 fully saturated rings. The summed E-state index contributed by atoms with van der Waals surface area (Å²) in [5, 5.41) is 0. The van der Waals surface area contributed by atoms with Crippen LogP contribution >= 0.6 is 0 Å². The van der Waals surface area contributed by atoms with Gasteiger partial charge in [-0.25, -0.2) is 5.84 Å². The summed E-state index contributed by atoms with van der Waals surface area (Å²) in [6, 6.07) is 1.68. The lowest BCUT2D eigenvalue weighted by molar-refractivity contribution is -0.138. The fourth-order valence-corrected chi connectivity index (χ4v) is 1.69. The second-order valence-electron chi connectivity index (χ2n) is 4.33. The molecule has 1 heterocycles. The van der Waals surface area contributed by atoms with E-state index in [-0.39, 0.29) is 18.9 Å². The zero-order valence-electron chi connectivity index (χ0n) is 10.7. The van der Waals surface area contributed by atoms with Crippen LogP contribution in [0.2, 0.25) is 0 Å². The summed E-state index contributed by atoms with van der Waals surface area (Å²) >= 11 is 0. The molecule has 1 amide bonds. The highest BCUT2D eigenvalue weighted by Crippen LogP contribution is 2.28. The van der Waals surface area contributed by atoms with Gasteiger partial charge in [-0.3, -0.25) is 15.0 Å². The topological polar surface area (TPSA) is 77.1 Å². The van der Waals surface area contributed by atoms with Gasteiger partial charge in [-0.15, -0.1) is 0 Å². The summed E-state index contributed by atoms with van der Waals surface area (Å²) in [7, 11) is 0. The Hall–Kier alpha value is -1.83. The highest BCUT2D eigenvalue weighted by Gasteiger charge is 2.30. The molecule has 0 saturated heterocycles. The van der Waals surface area contributed by atoms with Crippen LogP contribution in [0.1, 0.15) is 31.2 Å². The van der Waals surface area contributed by atoms with Crippen LogP contribution in [-0.2, 0) is 17.5 Å². The van der Waals surface area contributed by atoms with E-state index in [9.17, 15) is 22.8 Å². The highest BCUT2D eigenvalue weighted by atomic mass is 19.4. The van der Waals surface area contributed by atoms with E-state index in [0.29, 0.717) is 19.3 Å². The molecule has 0 saturated carbocycles. The maximum Gasteiger partial charge on any atom is 0.417 e. The molecule has 20 heavy (non-hydrogen) atoms. The zero-order chi connectivity index (χ0) is 15.2. The van der Waals surface area contributed by atoms with E-state index in [1.165, 1.54) is 0 Å². The third-order valence-corrected chi connectivity index (χ3v) is 2.77. The fourth-order valence-electron chi connectivity index (χ4n) is 1.69. The van der Waals surface area contributed by atoms with Crippen molar-refractivity contribution >= 4 is 5.91 Å². The minimum absolute atomic E-state index is 0.187. The van der Waals surface area contributed by atoms with Gasteiger partial charge in [0.1, 0.15) is 0 Å². The van der Waals surface area contributed by atoms with Gasteiger partial charge >= 0.3 is 6.18 Å². The Morgan fingerprint density at radius 3 is 2.55 bits per heavy atom. The van der Waals surface area contributed by atoms with Crippen molar-refractivity contribution in [2.24, 2.45) is 5.84 Å². The van der Waals surface area contributed by atoms with Crippen LogP contribution in [0.15, 0.2) is 23.1 Å². The maximum absolute atomic E-state index is 12.5. The van der Waals surface area contributed by atoms with Crippen molar-refractivity contribution in [1.29, 1.82) is 0 Å². The molecule has 0 aliphatic heterocycles. The van der Waals surface area contributed by atoms with Crippen molar-refractivity contribution in [2.75, 3.05) is 0 Å². The minimum Gasteiger partial charge on any atom is -0.315 e. The van der Waals surface area contributed by atoms with Crippen LogP contribution < -0.4 is 16.8 Å². The van der Waals surface area contributed by atoms with E-state index in [2.05, 4.69) is 0 Å². The van der Waals surface area contributed by atoms with Gasteiger partial charge in [0.15, 0.2) is 0 Å². The summed E-state index contributed by atoms with van der Waals surface area (Å²) in [5.74, 6) is 4.61. The van der Waals surface area contributed by atoms with E-state index in [1.807, 2.05) is 5.43 Å². The molecule has 0 atom stereocenters. The van der Waals surface area contributed by atoms with Gasteiger partial charge in [-0.1, -0.05) is 6.42 Å². The van der Waals surface area contributed by atoms with Crippen molar-refractivity contribution in [2.45, 2.75) is 38.4 Å². The van der Waals surface area contributed by atoms with Crippen LogP contribution in [0.25, 0.3) is 0 Å². The number of hydrogen-bond acceptors (Lipinski definition) is 3. The van der Waals surface area contributed by atoms with Crippen molar-refractivity contribution in [3.8, 4) is 0 Å². The van der Waals surface area contributed by atoms with E-state index < -0.39 is 17.3 Å². The normalized spacial score (nSPS) is 11.4. The molecular formula is C12H16F3N3O2. The highest BCUT2D eigenvalue weighted by molar-refractivity contribution is 5.74. The second-order valence-corrected chi connectivity index (χ2v) is 4.33. The largest absolute Gasteiger partial charge is 0.417 e. The lowest BCUT2D eigenvalue weighted by atomic mass is 10.2. The number of nitrogens with zero attached hydrogens (tertiary/aromatic N) is 1. The van der Waals surface area contributed by atoms with Gasteiger partial charge in [0, 0.05) is 25.2 Å². The number of hydrogen-bond donors (Lipinski definition) is 2. The number of nitrogens with one attached hydrogen (secondary N) is 1. The monoisotopic (exact) mass is 291 g/mol. The molecule has 0 bridgehead atoms.